The van der Waals surface area contributed by atoms with Gasteiger partial charge in [-0.3, -0.25) is 4.79 Å². The van der Waals surface area contributed by atoms with E-state index in [2.05, 4.69) is 5.32 Å². The van der Waals surface area contributed by atoms with E-state index in [1.807, 2.05) is 6.07 Å². The number of likely N-dealkylation sites (N-methyl/N-ethyl adjacent to an activating group) is 1. The van der Waals surface area contributed by atoms with Gasteiger partial charge in [-0.2, -0.15) is 4.31 Å². The lowest BCUT2D eigenvalue weighted by Crippen LogP contribution is -2.31. The number of methoxy groups -OCH3 is 2. The van der Waals surface area contributed by atoms with Crippen molar-refractivity contribution in [3.63, 3.8) is 0 Å². The molecule has 1 amide bonds. The minimum Gasteiger partial charge on any atom is -0.493 e. The molecule has 0 fully saturated rings. The Kier molecular flexibility index (Phi) is 9.36. The molecule has 0 heterocycles. The van der Waals surface area contributed by atoms with Crippen LogP contribution >= 0.6 is 0 Å². The van der Waals surface area contributed by atoms with Crippen LogP contribution in [-0.4, -0.2) is 66.1 Å². The van der Waals surface area contributed by atoms with Crippen LogP contribution in [0.3, 0.4) is 0 Å². The summed E-state index contributed by atoms with van der Waals surface area (Å²) < 4.78 is 43.7. The third-order valence-corrected chi connectivity index (χ3v) is 7.11. The molecule has 0 spiro atoms. The van der Waals surface area contributed by atoms with Crippen molar-refractivity contribution < 1.29 is 27.4 Å². The average Bonchev–Trinajstić information content (AvgIpc) is 2.80. The van der Waals surface area contributed by atoms with Crippen molar-refractivity contribution in [2.45, 2.75) is 25.7 Å². The minimum atomic E-state index is -3.77. The van der Waals surface area contributed by atoms with Gasteiger partial charge in [0.15, 0.2) is 11.5 Å². The third-order valence-electron chi connectivity index (χ3n) is 5.04. The van der Waals surface area contributed by atoms with Crippen molar-refractivity contribution in [1.82, 2.24) is 4.31 Å². The molecule has 0 aliphatic heterocycles. The van der Waals surface area contributed by atoms with E-state index in [0.717, 1.165) is 5.69 Å². The summed E-state index contributed by atoms with van der Waals surface area (Å²) in [7, 11) is 1.10. The lowest BCUT2D eigenvalue weighted by Gasteiger charge is -2.22. The maximum Gasteiger partial charge on any atom is 0.246 e. The molecule has 0 bridgehead atoms. The molecular weight excluding hydrogens is 446 g/mol. The van der Waals surface area contributed by atoms with Crippen LogP contribution in [-0.2, 0) is 14.8 Å². The molecule has 0 atom stereocenters. The van der Waals surface area contributed by atoms with Crippen molar-refractivity contribution in [2.75, 3.05) is 57.7 Å². The van der Waals surface area contributed by atoms with E-state index in [0.29, 0.717) is 36.9 Å². The second kappa shape index (κ2) is 11.8. The zero-order valence-electron chi connectivity index (χ0n) is 20.0. The maximum atomic E-state index is 13.1. The van der Waals surface area contributed by atoms with Crippen molar-refractivity contribution in [1.29, 1.82) is 0 Å². The summed E-state index contributed by atoms with van der Waals surface area (Å²) in [6, 6.07) is 9.98. The summed E-state index contributed by atoms with van der Waals surface area (Å²) in [4.78, 5) is 14.5. The molecule has 182 valence electrons. The topological polar surface area (TPSA) is 97.4 Å². The Bertz CT molecular complexity index is 1050. The number of sulfonamides is 1. The smallest absolute Gasteiger partial charge is 0.246 e. The van der Waals surface area contributed by atoms with Gasteiger partial charge in [0.25, 0.3) is 0 Å². The van der Waals surface area contributed by atoms with Gasteiger partial charge in [-0.1, -0.05) is 13.8 Å². The van der Waals surface area contributed by atoms with Gasteiger partial charge >= 0.3 is 0 Å². The quantitative estimate of drug-likeness (QED) is 0.499. The molecule has 2 rings (SSSR count). The molecule has 2 aromatic carbocycles. The Hall–Kier alpha value is -2.98. The standard InChI is InChI=1S/C23H33N3O6S/c1-7-26(8-2)33(28,29)22-14-17(10-12-20(22)32-9-3)24-23(27)16-25(4)18-11-13-19(30-5)21(15-18)31-6/h10-15H,7-9,16H2,1-6H3,(H,24,27). The second-order valence-corrected chi connectivity index (χ2v) is 9.03. The number of ether oxygens (including phenoxy) is 3. The highest BCUT2D eigenvalue weighted by Crippen LogP contribution is 2.32. The Balaban J connectivity index is 2.24. The van der Waals surface area contributed by atoms with Gasteiger partial charge in [0, 0.05) is 37.6 Å². The number of nitrogens with zero attached hydrogens (tertiary/aromatic N) is 2. The molecular formula is C23H33N3O6S. The van der Waals surface area contributed by atoms with Gasteiger partial charge in [-0.15, -0.1) is 0 Å². The van der Waals surface area contributed by atoms with Gasteiger partial charge in [-0.25, -0.2) is 8.42 Å². The maximum absolute atomic E-state index is 13.1. The number of hydrogen-bond donors (Lipinski definition) is 1. The Morgan fingerprint density at radius 1 is 0.939 bits per heavy atom. The Morgan fingerprint density at radius 3 is 2.15 bits per heavy atom. The zero-order chi connectivity index (χ0) is 24.6. The average molecular weight is 480 g/mol. The summed E-state index contributed by atoms with van der Waals surface area (Å²) in [5, 5.41) is 2.78. The molecule has 33 heavy (non-hydrogen) atoms. The van der Waals surface area contributed by atoms with Crippen LogP contribution in [0.2, 0.25) is 0 Å². The zero-order valence-corrected chi connectivity index (χ0v) is 20.9. The lowest BCUT2D eigenvalue weighted by molar-refractivity contribution is -0.114. The number of carbonyl (C=O) groups is 1. The fraction of sp³-hybridized carbons (Fsp3) is 0.435. The van der Waals surface area contributed by atoms with Crippen LogP contribution in [0.15, 0.2) is 41.3 Å². The normalized spacial score (nSPS) is 11.2. The summed E-state index contributed by atoms with van der Waals surface area (Å²) in [5.41, 5.74) is 1.13. The van der Waals surface area contributed by atoms with E-state index in [1.165, 1.54) is 10.4 Å². The minimum absolute atomic E-state index is 0.0269. The molecule has 0 aliphatic carbocycles. The summed E-state index contributed by atoms with van der Waals surface area (Å²) in [5.74, 6) is 1.10. The molecule has 0 radical (unpaired) electrons. The predicted octanol–water partition coefficient (Wildman–Crippen LogP) is 3.21. The van der Waals surface area contributed by atoms with Crippen LogP contribution in [0.25, 0.3) is 0 Å². The van der Waals surface area contributed by atoms with Gasteiger partial charge < -0.3 is 24.4 Å². The van der Waals surface area contributed by atoms with E-state index in [9.17, 15) is 13.2 Å². The van der Waals surface area contributed by atoms with E-state index < -0.39 is 10.0 Å². The summed E-state index contributed by atoms with van der Waals surface area (Å²) in [6.07, 6.45) is 0. The van der Waals surface area contributed by atoms with Crippen LogP contribution in [0.1, 0.15) is 20.8 Å². The molecule has 9 nitrogen and oxygen atoms in total. The fourth-order valence-corrected chi connectivity index (χ4v) is 4.95. The SMILES string of the molecule is CCOc1ccc(NC(=O)CN(C)c2ccc(OC)c(OC)c2)cc1S(=O)(=O)N(CC)CC. The van der Waals surface area contributed by atoms with Crippen molar-refractivity contribution in [2.24, 2.45) is 0 Å². The van der Waals surface area contributed by atoms with E-state index >= 15 is 0 Å². The molecule has 0 aliphatic rings. The molecule has 0 unspecified atom stereocenters. The summed E-state index contributed by atoms with van der Waals surface area (Å²) in [6.45, 7) is 6.36. The number of nitrogens with one attached hydrogen (secondary N) is 1. The molecule has 0 saturated carbocycles. The van der Waals surface area contributed by atoms with Gasteiger partial charge in [0.05, 0.1) is 27.4 Å². The number of carbonyl (C=O) groups excluding carboxylic acids is 1. The highest BCUT2D eigenvalue weighted by atomic mass is 32.2. The van der Waals surface area contributed by atoms with E-state index in [-0.39, 0.29) is 23.1 Å². The largest absolute Gasteiger partial charge is 0.493 e. The number of amides is 1. The van der Waals surface area contributed by atoms with Gasteiger partial charge in [0.2, 0.25) is 15.9 Å². The van der Waals surface area contributed by atoms with Gasteiger partial charge in [-0.05, 0) is 37.3 Å². The highest BCUT2D eigenvalue weighted by molar-refractivity contribution is 7.89. The summed E-state index contributed by atoms with van der Waals surface area (Å²) >= 11 is 0. The lowest BCUT2D eigenvalue weighted by atomic mass is 10.2. The van der Waals surface area contributed by atoms with Crippen molar-refractivity contribution in [3.05, 3.63) is 36.4 Å². The third kappa shape index (κ3) is 6.29. The monoisotopic (exact) mass is 479 g/mol. The van der Waals surface area contributed by atoms with Crippen LogP contribution in [0, 0.1) is 0 Å². The molecule has 0 aromatic heterocycles. The van der Waals surface area contributed by atoms with Crippen molar-refractivity contribution >= 4 is 27.3 Å². The first kappa shape index (κ1) is 26.3. The van der Waals surface area contributed by atoms with E-state index in [4.69, 9.17) is 14.2 Å². The Morgan fingerprint density at radius 2 is 1.58 bits per heavy atom. The first-order valence-electron chi connectivity index (χ1n) is 10.7. The number of rotatable bonds is 12. The number of anilines is 2. The molecule has 10 heteroatoms. The molecule has 0 saturated heterocycles. The number of benzene rings is 2. The van der Waals surface area contributed by atoms with Crippen LogP contribution in [0.4, 0.5) is 11.4 Å². The highest BCUT2D eigenvalue weighted by Gasteiger charge is 2.26. The fourth-order valence-electron chi connectivity index (χ4n) is 3.33. The second-order valence-electron chi connectivity index (χ2n) is 7.13. The molecule has 2 aromatic rings. The predicted molar refractivity (Wildman–Crippen MR) is 129 cm³/mol. The van der Waals surface area contributed by atoms with E-state index in [1.54, 1.807) is 71.2 Å². The van der Waals surface area contributed by atoms with Crippen molar-refractivity contribution in [3.8, 4) is 17.2 Å². The van der Waals surface area contributed by atoms with Gasteiger partial charge in [0.1, 0.15) is 10.6 Å². The molecule has 1 N–H and O–H groups in total. The first-order chi connectivity index (χ1) is 15.7. The van der Waals surface area contributed by atoms with Crippen LogP contribution in [0.5, 0.6) is 17.2 Å². The first-order valence-corrected chi connectivity index (χ1v) is 12.2. The number of hydrogen-bond acceptors (Lipinski definition) is 7. The Labute approximate surface area is 196 Å². The van der Waals surface area contributed by atoms with Crippen LogP contribution < -0.4 is 24.4 Å².